The second-order valence-electron chi connectivity index (χ2n) is 5.09. The van der Waals surface area contributed by atoms with E-state index < -0.39 is 0 Å². The maximum Gasteiger partial charge on any atom is 0.231 e. The molecule has 1 aromatic carbocycles. The van der Waals surface area contributed by atoms with Crippen LogP contribution in [0, 0.1) is 5.82 Å². The molecule has 3 aromatic rings. The maximum atomic E-state index is 13.5. The number of imidazole rings is 1. The summed E-state index contributed by atoms with van der Waals surface area (Å²) < 4.78 is 26.0. The van der Waals surface area contributed by atoms with Crippen LogP contribution in [-0.4, -0.2) is 22.7 Å². The van der Waals surface area contributed by atoms with Gasteiger partial charge in [-0.25, -0.2) is 9.37 Å². The van der Waals surface area contributed by atoms with Crippen molar-refractivity contribution in [1.29, 1.82) is 0 Å². The number of benzene rings is 1. The lowest BCUT2D eigenvalue weighted by molar-refractivity contribution is 0.174. The third-order valence-electron chi connectivity index (χ3n) is 3.71. The van der Waals surface area contributed by atoms with E-state index in [-0.39, 0.29) is 12.6 Å². The van der Waals surface area contributed by atoms with Crippen LogP contribution in [0.25, 0.3) is 16.9 Å². The highest BCUT2D eigenvalue weighted by molar-refractivity contribution is 5.69. The second-order valence-corrected chi connectivity index (χ2v) is 5.09. The molecule has 2 aromatic heterocycles. The fourth-order valence-electron chi connectivity index (χ4n) is 2.72. The normalized spacial score (nSPS) is 13.0. The van der Waals surface area contributed by atoms with Gasteiger partial charge in [0.25, 0.3) is 0 Å². The highest BCUT2D eigenvalue weighted by Gasteiger charge is 2.18. The molecule has 0 spiro atoms. The first-order chi connectivity index (χ1) is 10.8. The number of aromatic nitrogens is 2. The van der Waals surface area contributed by atoms with Gasteiger partial charge in [-0.1, -0.05) is 0 Å². The van der Waals surface area contributed by atoms with Crippen molar-refractivity contribution in [3.8, 4) is 22.8 Å². The quantitative estimate of drug-likeness (QED) is 0.806. The van der Waals surface area contributed by atoms with Gasteiger partial charge in [-0.05, 0) is 36.9 Å². The first-order valence-corrected chi connectivity index (χ1v) is 7.03. The van der Waals surface area contributed by atoms with Crippen LogP contribution in [0.5, 0.6) is 11.5 Å². The van der Waals surface area contributed by atoms with Crippen molar-refractivity contribution in [2.24, 2.45) is 5.73 Å². The zero-order valence-electron chi connectivity index (χ0n) is 11.8. The first kappa shape index (κ1) is 13.1. The Morgan fingerprint density at radius 2 is 2.05 bits per heavy atom. The number of nitrogens with two attached hydrogens (primary N) is 1. The minimum Gasteiger partial charge on any atom is -0.454 e. The van der Waals surface area contributed by atoms with Gasteiger partial charge in [0.1, 0.15) is 11.5 Å². The summed E-state index contributed by atoms with van der Waals surface area (Å²) in [6.45, 7) is 0.687. The largest absolute Gasteiger partial charge is 0.454 e. The summed E-state index contributed by atoms with van der Waals surface area (Å²) in [5.74, 6) is 1.11. The van der Waals surface area contributed by atoms with E-state index in [2.05, 4.69) is 4.98 Å². The monoisotopic (exact) mass is 299 g/mol. The Morgan fingerprint density at radius 1 is 1.18 bits per heavy atom. The molecule has 0 fully saturated rings. The van der Waals surface area contributed by atoms with Gasteiger partial charge in [-0.2, -0.15) is 0 Å². The first-order valence-electron chi connectivity index (χ1n) is 7.03. The Labute approximate surface area is 126 Å². The Kier molecular flexibility index (Phi) is 2.97. The van der Waals surface area contributed by atoms with Gasteiger partial charge in [0.15, 0.2) is 11.5 Å². The summed E-state index contributed by atoms with van der Waals surface area (Å²) in [6.07, 6.45) is 2.04. The molecular formula is C16H14FN3O2. The van der Waals surface area contributed by atoms with E-state index in [1.807, 2.05) is 18.2 Å². The van der Waals surface area contributed by atoms with Gasteiger partial charge >= 0.3 is 0 Å². The van der Waals surface area contributed by atoms with Crippen LogP contribution in [0.2, 0.25) is 0 Å². The van der Waals surface area contributed by atoms with Crippen LogP contribution in [0.15, 0.2) is 36.5 Å². The number of ether oxygens (including phenoxy) is 2. The second kappa shape index (κ2) is 4.99. The van der Waals surface area contributed by atoms with E-state index in [0.29, 0.717) is 24.4 Å². The number of pyridine rings is 1. The molecule has 0 aliphatic carbocycles. The molecule has 1 aliphatic rings. The van der Waals surface area contributed by atoms with E-state index in [1.54, 1.807) is 10.5 Å². The summed E-state index contributed by atoms with van der Waals surface area (Å²) >= 11 is 0. The number of hydrogen-bond acceptors (Lipinski definition) is 4. The fourth-order valence-corrected chi connectivity index (χ4v) is 2.72. The minimum absolute atomic E-state index is 0.227. The van der Waals surface area contributed by atoms with E-state index in [4.69, 9.17) is 15.2 Å². The van der Waals surface area contributed by atoms with Crippen LogP contribution in [0.3, 0.4) is 0 Å². The molecule has 0 radical (unpaired) electrons. The molecule has 0 saturated heterocycles. The highest BCUT2D eigenvalue weighted by Crippen LogP contribution is 2.36. The molecular weight excluding hydrogens is 285 g/mol. The molecule has 0 amide bonds. The van der Waals surface area contributed by atoms with Crippen molar-refractivity contribution in [3.05, 3.63) is 48.0 Å². The van der Waals surface area contributed by atoms with Crippen molar-refractivity contribution in [2.45, 2.75) is 6.42 Å². The zero-order valence-corrected chi connectivity index (χ0v) is 11.8. The number of halogens is 1. The van der Waals surface area contributed by atoms with E-state index in [0.717, 1.165) is 22.7 Å². The van der Waals surface area contributed by atoms with Crippen molar-refractivity contribution >= 4 is 5.65 Å². The molecule has 0 saturated carbocycles. The molecule has 112 valence electrons. The molecule has 22 heavy (non-hydrogen) atoms. The molecule has 0 bridgehead atoms. The Bertz CT molecular complexity index is 860. The molecule has 1 aliphatic heterocycles. The number of fused-ring (bicyclic) bond motifs is 2. The Hall–Kier alpha value is -2.60. The van der Waals surface area contributed by atoms with Gasteiger partial charge in [0, 0.05) is 18.2 Å². The summed E-state index contributed by atoms with van der Waals surface area (Å²) in [7, 11) is 0. The van der Waals surface area contributed by atoms with Crippen molar-refractivity contribution in [2.75, 3.05) is 13.3 Å². The molecule has 3 heterocycles. The minimum atomic E-state index is -0.305. The van der Waals surface area contributed by atoms with Crippen LogP contribution in [0.1, 0.15) is 5.69 Å². The van der Waals surface area contributed by atoms with Gasteiger partial charge in [0.05, 0.1) is 11.4 Å². The lowest BCUT2D eigenvalue weighted by Crippen LogP contribution is -2.06. The number of rotatable bonds is 3. The topological polar surface area (TPSA) is 61.8 Å². The van der Waals surface area contributed by atoms with Gasteiger partial charge in [0.2, 0.25) is 6.79 Å². The highest BCUT2D eigenvalue weighted by atomic mass is 19.1. The fraction of sp³-hybridized carbons (Fsp3) is 0.188. The molecule has 0 atom stereocenters. The van der Waals surface area contributed by atoms with Crippen molar-refractivity contribution in [1.82, 2.24) is 9.38 Å². The molecule has 2 N–H and O–H groups in total. The lowest BCUT2D eigenvalue weighted by atomic mass is 10.1. The average Bonchev–Trinajstić information content (AvgIpc) is 3.12. The molecule has 6 heteroatoms. The average molecular weight is 299 g/mol. The van der Waals surface area contributed by atoms with E-state index in [9.17, 15) is 4.39 Å². The summed E-state index contributed by atoms with van der Waals surface area (Å²) in [5.41, 5.74) is 8.97. The van der Waals surface area contributed by atoms with Gasteiger partial charge < -0.3 is 19.6 Å². The molecule has 5 nitrogen and oxygen atoms in total. The lowest BCUT2D eigenvalue weighted by Gasteiger charge is -2.05. The predicted molar refractivity (Wildman–Crippen MR) is 79.5 cm³/mol. The van der Waals surface area contributed by atoms with Crippen LogP contribution >= 0.6 is 0 Å². The van der Waals surface area contributed by atoms with Crippen LogP contribution < -0.4 is 15.2 Å². The SMILES string of the molecule is NCCc1c(-c2ccc3c(c2)OCO3)nc2ccc(F)cn12. The van der Waals surface area contributed by atoms with E-state index >= 15 is 0 Å². The van der Waals surface area contributed by atoms with Crippen LogP contribution in [-0.2, 0) is 6.42 Å². The third-order valence-corrected chi connectivity index (χ3v) is 3.71. The Balaban J connectivity index is 1.92. The maximum absolute atomic E-state index is 13.5. The molecule has 4 rings (SSSR count). The standard InChI is InChI=1S/C16H14FN3O2/c17-11-2-4-15-19-16(12(5-6-18)20(15)8-11)10-1-3-13-14(7-10)22-9-21-13/h1-4,7-8H,5-6,9,18H2. The summed E-state index contributed by atoms with van der Waals surface area (Å²) in [6, 6.07) is 8.73. The zero-order chi connectivity index (χ0) is 15.1. The summed E-state index contributed by atoms with van der Waals surface area (Å²) in [4.78, 5) is 4.61. The van der Waals surface area contributed by atoms with Crippen molar-refractivity contribution < 1.29 is 13.9 Å². The summed E-state index contributed by atoms with van der Waals surface area (Å²) in [5, 5.41) is 0. The van der Waals surface area contributed by atoms with Crippen LogP contribution in [0.4, 0.5) is 4.39 Å². The number of nitrogens with zero attached hydrogens (tertiary/aromatic N) is 2. The van der Waals surface area contributed by atoms with Crippen molar-refractivity contribution in [3.63, 3.8) is 0 Å². The van der Waals surface area contributed by atoms with E-state index in [1.165, 1.54) is 12.3 Å². The number of hydrogen-bond donors (Lipinski definition) is 1. The Morgan fingerprint density at radius 3 is 2.91 bits per heavy atom. The van der Waals surface area contributed by atoms with Gasteiger partial charge in [-0.15, -0.1) is 0 Å². The van der Waals surface area contributed by atoms with Gasteiger partial charge in [-0.3, -0.25) is 0 Å². The third kappa shape index (κ3) is 2.00. The smallest absolute Gasteiger partial charge is 0.231 e. The predicted octanol–water partition coefficient (Wildman–Crippen LogP) is 2.37. The molecule has 0 unspecified atom stereocenters.